The van der Waals surface area contributed by atoms with Gasteiger partial charge in [-0.05, 0) is 43.5 Å². The van der Waals surface area contributed by atoms with Gasteiger partial charge in [-0.3, -0.25) is 4.79 Å². The minimum absolute atomic E-state index is 0.0110. The highest BCUT2D eigenvalue weighted by Crippen LogP contribution is 2.21. The van der Waals surface area contributed by atoms with Crippen LogP contribution in [0, 0.1) is 0 Å². The Balaban J connectivity index is 2.15. The molecule has 26 heavy (non-hydrogen) atoms. The number of nitrogens with one attached hydrogen (secondary N) is 2. The molecule has 2 N–H and O–H groups in total. The van der Waals surface area contributed by atoms with Crippen LogP contribution in [0.15, 0.2) is 53.4 Å². The Morgan fingerprint density at radius 3 is 2.35 bits per heavy atom. The Kier molecular flexibility index (Phi) is 6.81. The fraction of sp³-hybridized carbons (Fsp3) is 0.316. The first-order chi connectivity index (χ1) is 12.2. The molecule has 5 nitrogen and oxygen atoms in total. The summed E-state index contributed by atoms with van der Waals surface area (Å²) in [6.45, 7) is 5.88. The number of hydrogen-bond acceptors (Lipinski definition) is 3. The summed E-state index contributed by atoms with van der Waals surface area (Å²) in [7, 11) is -3.70. The van der Waals surface area contributed by atoms with E-state index in [1.54, 1.807) is 13.8 Å². The molecule has 2 aromatic carbocycles. The van der Waals surface area contributed by atoms with E-state index in [1.807, 2.05) is 37.3 Å². The van der Waals surface area contributed by atoms with Gasteiger partial charge in [-0.15, -0.1) is 0 Å². The van der Waals surface area contributed by atoms with Crippen molar-refractivity contribution in [1.82, 2.24) is 10.0 Å². The van der Waals surface area contributed by atoms with Gasteiger partial charge in [0.15, 0.2) is 0 Å². The third-order valence-corrected chi connectivity index (χ3v) is 5.81. The van der Waals surface area contributed by atoms with Crippen molar-refractivity contribution in [3.05, 3.63) is 64.7 Å². The molecule has 0 aliphatic carbocycles. The highest BCUT2D eigenvalue weighted by atomic mass is 35.5. The standard InChI is InChI=1S/C19H23ClN2O3S/c1-13(2)22-26(24,25)16-9-10-18(20)17(11-16)19(23)21-12-14(3)15-7-5-4-6-8-15/h4-11,13-14,22H,12H2,1-3H3,(H,21,23). The molecule has 2 rings (SSSR count). The third-order valence-electron chi connectivity index (χ3n) is 3.82. The summed E-state index contributed by atoms with van der Waals surface area (Å²) in [5, 5.41) is 3.03. The smallest absolute Gasteiger partial charge is 0.252 e. The van der Waals surface area contributed by atoms with E-state index in [9.17, 15) is 13.2 Å². The highest BCUT2D eigenvalue weighted by Gasteiger charge is 2.20. The second-order valence-corrected chi connectivity index (χ2v) is 8.56. The van der Waals surface area contributed by atoms with Crippen LogP contribution in [0.5, 0.6) is 0 Å². The minimum atomic E-state index is -3.70. The summed E-state index contributed by atoms with van der Waals surface area (Å²) in [5.41, 5.74) is 1.25. The molecule has 0 aromatic heterocycles. The quantitative estimate of drug-likeness (QED) is 0.753. The van der Waals surface area contributed by atoms with Gasteiger partial charge in [-0.25, -0.2) is 13.1 Å². The first kappa shape index (κ1) is 20.4. The maximum atomic E-state index is 12.5. The predicted octanol–water partition coefficient (Wildman–Crippen LogP) is 3.56. The summed E-state index contributed by atoms with van der Waals surface area (Å²) in [5.74, 6) is -0.284. The van der Waals surface area contributed by atoms with Crippen molar-refractivity contribution in [2.75, 3.05) is 6.54 Å². The molecule has 0 spiro atoms. The summed E-state index contributed by atoms with van der Waals surface area (Å²) in [6, 6.07) is 13.7. The number of halogens is 1. The molecule has 0 saturated carbocycles. The van der Waals surface area contributed by atoms with E-state index in [4.69, 9.17) is 11.6 Å². The molecule has 1 atom stereocenters. The summed E-state index contributed by atoms with van der Waals surface area (Å²) in [4.78, 5) is 12.5. The lowest BCUT2D eigenvalue weighted by Gasteiger charge is -2.15. The van der Waals surface area contributed by atoms with E-state index in [0.29, 0.717) is 6.54 Å². The zero-order chi connectivity index (χ0) is 19.3. The van der Waals surface area contributed by atoms with Gasteiger partial charge in [0, 0.05) is 12.6 Å². The van der Waals surface area contributed by atoms with Crippen LogP contribution in [-0.2, 0) is 10.0 Å². The number of sulfonamides is 1. The van der Waals surface area contributed by atoms with Crippen molar-refractivity contribution in [2.45, 2.75) is 37.6 Å². The molecule has 0 fully saturated rings. The number of rotatable bonds is 7. The lowest BCUT2D eigenvalue weighted by molar-refractivity contribution is 0.0951. The molecular weight excluding hydrogens is 372 g/mol. The molecule has 0 aliphatic rings. The predicted molar refractivity (Wildman–Crippen MR) is 104 cm³/mol. The largest absolute Gasteiger partial charge is 0.351 e. The van der Waals surface area contributed by atoms with Crippen LogP contribution < -0.4 is 10.0 Å². The second-order valence-electron chi connectivity index (χ2n) is 6.44. The number of benzene rings is 2. The zero-order valence-electron chi connectivity index (χ0n) is 15.0. The topological polar surface area (TPSA) is 75.3 Å². The molecule has 1 amide bonds. The van der Waals surface area contributed by atoms with Crippen molar-refractivity contribution < 1.29 is 13.2 Å². The molecule has 0 heterocycles. The molecule has 7 heteroatoms. The molecule has 2 aromatic rings. The van der Waals surface area contributed by atoms with Crippen LogP contribution >= 0.6 is 11.6 Å². The van der Waals surface area contributed by atoms with Crippen molar-refractivity contribution in [3.8, 4) is 0 Å². The van der Waals surface area contributed by atoms with Gasteiger partial charge in [-0.1, -0.05) is 48.9 Å². The fourth-order valence-corrected chi connectivity index (χ4v) is 3.94. The van der Waals surface area contributed by atoms with Crippen LogP contribution in [0.3, 0.4) is 0 Å². The first-order valence-electron chi connectivity index (χ1n) is 8.35. The van der Waals surface area contributed by atoms with E-state index in [-0.39, 0.29) is 27.4 Å². The molecule has 0 aliphatic heterocycles. The first-order valence-corrected chi connectivity index (χ1v) is 10.2. The fourth-order valence-electron chi connectivity index (χ4n) is 2.46. The third kappa shape index (κ3) is 5.30. The van der Waals surface area contributed by atoms with Crippen LogP contribution in [0.4, 0.5) is 0 Å². The van der Waals surface area contributed by atoms with Crippen LogP contribution in [0.25, 0.3) is 0 Å². The molecule has 0 radical (unpaired) electrons. The number of carbonyl (C=O) groups is 1. The second kappa shape index (κ2) is 8.66. The van der Waals surface area contributed by atoms with E-state index < -0.39 is 15.9 Å². The van der Waals surface area contributed by atoms with E-state index in [0.717, 1.165) is 5.56 Å². The van der Waals surface area contributed by atoms with Gasteiger partial charge in [0.1, 0.15) is 0 Å². The van der Waals surface area contributed by atoms with Crippen molar-refractivity contribution >= 4 is 27.5 Å². The van der Waals surface area contributed by atoms with Crippen molar-refractivity contribution in [1.29, 1.82) is 0 Å². The van der Waals surface area contributed by atoms with Crippen molar-refractivity contribution in [2.24, 2.45) is 0 Å². The van der Waals surface area contributed by atoms with Gasteiger partial charge in [0.25, 0.3) is 5.91 Å². The van der Waals surface area contributed by atoms with Crippen molar-refractivity contribution in [3.63, 3.8) is 0 Å². The molecule has 140 valence electrons. The Hall–Kier alpha value is -1.89. The normalized spacial score (nSPS) is 12.8. The van der Waals surface area contributed by atoms with Crippen LogP contribution in [-0.4, -0.2) is 26.9 Å². The molecule has 0 bridgehead atoms. The Bertz CT molecular complexity index is 868. The van der Waals surface area contributed by atoms with Gasteiger partial charge < -0.3 is 5.32 Å². The van der Waals surface area contributed by atoms with Gasteiger partial charge in [0.2, 0.25) is 10.0 Å². The Labute approximate surface area is 159 Å². The van der Waals surface area contributed by atoms with E-state index >= 15 is 0 Å². The number of hydrogen-bond donors (Lipinski definition) is 2. The molecule has 1 unspecified atom stereocenters. The lowest BCUT2D eigenvalue weighted by Crippen LogP contribution is -2.31. The Morgan fingerprint density at radius 1 is 1.08 bits per heavy atom. The summed E-state index contributed by atoms with van der Waals surface area (Å²) in [6.07, 6.45) is 0. The summed E-state index contributed by atoms with van der Waals surface area (Å²) < 4.78 is 27.1. The van der Waals surface area contributed by atoms with E-state index in [1.165, 1.54) is 18.2 Å². The molecule has 0 saturated heterocycles. The monoisotopic (exact) mass is 394 g/mol. The SMILES string of the molecule is CC(C)NS(=O)(=O)c1ccc(Cl)c(C(=O)NCC(C)c2ccccc2)c1. The zero-order valence-corrected chi connectivity index (χ0v) is 16.6. The van der Waals surface area contributed by atoms with Crippen LogP contribution in [0.1, 0.15) is 42.6 Å². The Morgan fingerprint density at radius 2 is 1.73 bits per heavy atom. The maximum Gasteiger partial charge on any atom is 0.252 e. The number of amides is 1. The lowest BCUT2D eigenvalue weighted by atomic mass is 10.0. The number of carbonyl (C=O) groups excluding carboxylic acids is 1. The minimum Gasteiger partial charge on any atom is -0.351 e. The average molecular weight is 395 g/mol. The molecular formula is C19H23ClN2O3S. The van der Waals surface area contributed by atoms with Gasteiger partial charge >= 0.3 is 0 Å². The maximum absolute atomic E-state index is 12.5. The highest BCUT2D eigenvalue weighted by molar-refractivity contribution is 7.89. The van der Waals surface area contributed by atoms with Crippen LogP contribution in [0.2, 0.25) is 5.02 Å². The van der Waals surface area contributed by atoms with Gasteiger partial charge in [0.05, 0.1) is 15.5 Å². The summed E-state index contributed by atoms with van der Waals surface area (Å²) >= 11 is 6.10. The average Bonchev–Trinajstić information content (AvgIpc) is 2.59. The van der Waals surface area contributed by atoms with E-state index in [2.05, 4.69) is 10.0 Å². The van der Waals surface area contributed by atoms with Gasteiger partial charge in [-0.2, -0.15) is 0 Å².